The number of benzene rings is 1. The summed E-state index contributed by atoms with van der Waals surface area (Å²) in [6, 6.07) is 10.3. The molecule has 0 atom stereocenters. The lowest BCUT2D eigenvalue weighted by atomic mass is 10.3. The normalized spacial score (nSPS) is 10.4. The Bertz CT molecular complexity index is 292. The summed E-state index contributed by atoms with van der Waals surface area (Å²) in [6.07, 6.45) is 0. The van der Waals surface area contributed by atoms with Gasteiger partial charge in [0.15, 0.2) is 0 Å². The van der Waals surface area contributed by atoms with Crippen LogP contribution < -0.4 is 4.74 Å². The minimum atomic E-state index is -1.80. The van der Waals surface area contributed by atoms with Crippen molar-refractivity contribution in [3.05, 3.63) is 30.3 Å². The average Bonchev–Trinajstić information content (AvgIpc) is 2.06. The standard InChI is InChI=1S/C8H5Cl2NO/c9-8(10,6-11)12-7-4-2-1-3-5-7/h1-5H. The van der Waals surface area contributed by atoms with Gasteiger partial charge in [0.05, 0.1) is 0 Å². The number of hydrogen-bond acceptors (Lipinski definition) is 2. The number of halogens is 2. The fourth-order valence-corrected chi connectivity index (χ4v) is 0.838. The van der Waals surface area contributed by atoms with E-state index < -0.39 is 4.52 Å². The maximum Gasteiger partial charge on any atom is 0.348 e. The van der Waals surface area contributed by atoms with Gasteiger partial charge in [-0.2, -0.15) is 5.26 Å². The van der Waals surface area contributed by atoms with Crippen LogP contribution in [0.5, 0.6) is 5.75 Å². The average molecular weight is 202 g/mol. The second-order valence-corrected chi connectivity index (χ2v) is 3.30. The van der Waals surface area contributed by atoms with Crippen molar-refractivity contribution in [2.24, 2.45) is 0 Å². The zero-order valence-corrected chi connectivity index (χ0v) is 7.51. The summed E-state index contributed by atoms with van der Waals surface area (Å²) >= 11 is 10.9. The quantitative estimate of drug-likeness (QED) is 0.690. The van der Waals surface area contributed by atoms with Crippen molar-refractivity contribution >= 4 is 23.2 Å². The van der Waals surface area contributed by atoms with Crippen LogP contribution in [0.2, 0.25) is 0 Å². The van der Waals surface area contributed by atoms with Crippen LogP contribution in [-0.2, 0) is 0 Å². The van der Waals surface area contributed by atoms with E-state index in [0.29, 0.717) is 5.75 Å². The highest BCUT2D eigenvalue weighted by Crippen LogP contribution is 2.24. The van der Waals surface area contributed by atoms with Gasteiger partial charge < -0.3 is 4.74 Å². The van der Waals surface area contributed by atoms with Crippen molar-refractivity contribution in [3.8, 4) is 11.8 Å². The molecule has 0 aliphatic rings. The number of ether oxygens (including phenoxy) is 1. The summed E-state index contributed by atoms with van der Waals surface area (Å²) in [5.74, 6) is 0.462. The molecule has 0 aromatic heterocycles. The van der Waals surface area contributed by atoms with Crippen LogP contribution in [0, 0.1) is 11.3 Å². The summed E-state index contributed by atoms with van der Waals surface area (Å²) in [7, 11) is 0. The largest absolute Gasteiger partial charge is 0.446 e. The number of nitriles is 1. The van der Waals surface area contributed by atoms with E-state index in [9.17, 15) is 0 Å². The molecule has 1 rings (SSSR count). The maximum absolute atomic E-state index is 8.42. The van der Waals surface area contributed by atoms with Crippen molar-refractivity contribution in [2.45, 2.75) is 4.52 Å². The number of para-hydroxylation sites is 1. The zero-order chi connectivity index (χ0) is 9.03. The van der Waals surface area contributed by atoms with Crippen molar-refractivity contribution in [3.63, 3.8) is 0 Å². The lowest BCUT2D eigenvalue weighted by molar-refractivity contribution is 0.296. The second-order valence-electron chi connectivity index (χ2n) is 2.04. The molecule has 0 aliphatic carbocycles. The highest BCUT2D eigenvalue weighted by atomic mass is 35.5. The molecular formula is C8H5Cl2NO. The Balaban J connectivity index is 2.72. The molecule has 12 heavy (non-hydrogen) atoms. The first-order valence-electron chi connectivity index (χ1n) is 3.17. The number of alkyl halides is 2. The molecule has 4 heteroatoms. The summed E-state index contributed by atoms with van der Waals surface area (Å²) in [5, 5.41) is 8.42. The highest BCUT2D eigenvalue weighted by molar-refractivity contribution is 6.49. The van der Waals surface area contributed by atoms with Gasteiger partial charge in [-0.15, -0.1) is 0 Å². The van der Waals surface area contributed by atoms with Crippen molar-refractivity contribution in [1.82, 2.24) is 0 Å². The Morgan fingerprint density at radius 3 is 2.33 bits per heavy atom. The predicted molar refractivity (Wildman–Crippen MR) is 47.1 cm³/mol. The van der Waals surface area contributed by atoms with E-state index in [2.05, 4.69) is 0 Å². The summed E-state index contributed by atoms with van der Waals surface area (Å²) < 4.78 is 3.12. The molecule has 1 aromatic carbocycles. The van der Waals surface area contributed by atoms with Gasteiger partial charge in [0.2, 0.25) is 0 Å². The van der Waals surface area contributed by atoms with E-state index in [1.54, 1.807) is 30.3 Å². The second kappa shape index (κ2) is 3.66. The Kier molecular flexibility index (Phi) is 2.80. The Labute approximate surface area is 80.3 Å². The van der Waals surface area contributed by atoms with Crippen LogP contribution in [0.3, 0.4) is 0 Å². The van der Waals surface area contributed by atoms with Crippen LogP contribution in [0.4, 0.5) is 0 Å². The van der Waals surface area contributed by atoms with Gasteiger partial charge in [-0.25, -0.2) is 0 Å². The minimum absolute atomic E-state index is 0.462. The third kappa shape index (κ3) is 2.61. The fraction of sp³-hybridized carbons (Fsp3) is 0.125. The number of rotatable bonds is 2. The molecule has 0 fully saturated rings. The summed E-state index contributed by atoms with van der Waals surface area (Å²) in [6.45, 7) is 0. The van der Waals surface area contributed by atoms with Crippen molar-refractivity contribution in [2.75, 3.05) is 0 Å². The molecule has 0 bridgehead atoms. The molecule has 1 aromatic rings. The highest BCUT2D eigenvalue weighted by Gasteiger charge is 2.25. The lowest BCUT2D eigenvalue weighted by Gasteiger charge is -2.12. The van der Waals surface area contributed by atoms with Crippen molar-refractivity contribution in [1.29, 1.82) is 5.26 Å². The third-order valence-corrected chi connectivity index (χ3v) is 1.44. The van der Waals surface area contributed by atoms with Gasteiger partial charge >= 0.3 is 4.52 Å². The molecule has 62 valence electrons. The first kappa shape index (κ1) is 9.18. The van der Waals surface area contributed by atoms with E-state index in [1.165, 1.54) is 0 Å². The Morgan fingerprint density at radius 2 is 1.83 bits per heavy atom. The van der Waals surface area contributed by atoms with E-state index >= 15 is 0 Å². The van der Waals surface area contributed by atoms with Crippen LogP contribution in [0.15, 0.2) is 30.3 Å². The molecule has 0 N–H and O–H groups in total. The number of nitrogens with zero attached hydrogens (tertiary/aromatic N) is 1. The van der Waals surface area contributed by atoms with E-state index in [4.69, 9.17) is 33.2 Å². The predicted octanol–water partition coefficient (Wildman–Crippen LogP) is 2.72. The molecule has 0 amide bonds. The monoisotopic (exact) mass is 201 g/mol. The van der Waals surface area contributed by atoms with Gasteiger partial charge in [0.1, 0.15) is 11.8 Å². The van der Waals surface area contributed by atoms with Crippen molar-refractivity contribution < 1.29 is 4.74 Å². The molecule has 0 aliphatic heterocycles. The molecule has 0 saturated heterocycles. The van der Waals surface area contributed by atoms with Gasteiger partial charge in [-0.3, -0.25) is 0 Å². The van der Waals surface area contributed by atoms with E-state index in [-0.39, 0.29) is 0 Å². The van der Waals surface area contributed by atoms with Crippen LogP contribution in [0.25, 0.3) is 0 Å². The molecule has 0 radical (unpaired) electrons. The lowest BCUT2D eigenvalue weighted by Crippen LogP contribution is -2.18. The Hall–Kier alpha value is -0.910. The minimum Gasteiger partial charge on any atom is -0.446 e. The molecule has 0 unspecified atom stereocenters. The smallest absolute Gasteiger partial charge is 0.348 e. The van der Waals surface area contributed by atoms with Crippen LogP contribution >= 0.6 is 23.2 Å². The Morgan fingerprint density at radius 1 is 1.25 bits per heavy atom. The number of hydrogen-bond donors (Lipinski definition) is 0. The molecule has 2 nitrogen and oxygen atoms in total. The molecular weight excluding hydrogens is 197 g/mol. The molecule has 0 heterocycles. The molecule has 0 saturated carbocycles. The first-order valence-corrected chi connectivity index (χ1v) is 3.93. The summed E-state index contributed by atoms with van der Waals surface area (Å²) in [5.41, 5.74) is 0. The van der Waals surface area contributed by atoms with Gasteiger partial charge in [-0.05, 0) is 35.3 Å². The fourth-order valence-electron chi connectivity index (χ4n) is 0.659. The van der Waals surface area contributed by atoms with Gasteiger partial charge in [-0.1, -0.05) is 18.2 Å². The van der Waals surface area contributed by atoms with E-state index in [0.717, 1.165) is 0 Å². The molecule has 0 spiro atoms. The first-order chi connectivity index (χ1) is 5.64. The van der Waals surface area contributed by atoms with E-state index in [1.807, 2.05) is 6.07 Å². The topological polar surface area (TPSA) is 33.0 Å². The van der Waals surface area contributed by atoms with Gasteiger partial charge in [0.25, 0.3) is 0 Å². The third-order valence-electron chi connectivity index (χ3n) is 1.12. The van der Waals surface area contributed by atoms with Crippen LogP contribution in [0.1, 0.15) is 0 Å². The van der Waals surface area contributed by atoms with Crippen LogP contribution in [-0.4, -0.2) is 4.52 Å². The SMILES string of the molecule is N#CC(Cl)(Cl)Oc1ccccc1. The summed E-state index contributed by atoms with van der Waals surface area (Å²) in [4.78, 5) is 0. The zero-order valence-electron chi connectivity index (χ0n) is 6.00. The van der Waals surface area contributed by atoms with Gasteiger partial charge in [0, 0.05) is 0 Å². The maximum atomic E-state index is 8.42.